The number of nitrogens with zero attached hydrogens (tertiary/aromatic N) is 4. The second-order valence-corrected chi connectivity index (χ2v) is 4.55. The first-order valence-corrected chi connectivity index (χ1v) is 5.91. The van der Waals surface area contributed by atoms with E-state index in [1.165, 1.54) is 17.2 Å². The maximum absolute atomic E-state index is 10.0. The fraction of sp³-hybridized carbons (Fsp3) is 0.500. The van der Waals surface area contributed by atoms with Gasteiger partial charge in [-0.1, -0.05) is 0 Å². The summed E-state index contributed by atoms with van der Waals surface area (Å²) in [5.74, 6) is 5.75. The molecule has 0 aromatic carbocycles. The molecule has 4 atom stereocenters. The highest BCUT2D eigenvalue weighted by Crippen LogP contribution is 2.30. The first-order chi connectivity index (χ1) is 9.54. The van der Waals surface area contributed by atoms with Gasteiger partial charge >= 0.3 is 0 Å². The minimum atomic E-state index is -1.24. The number of rotatable bonds is 2. The molecule has 1 aliphatic heterocycles. The van der Waals surface area contributed by atoms with Gasteiger partial charge < -0.3 is 25.9 Å². The molecule has 1 saturated heterocycles. The molecule has 1 fully saturated rings. The third-order valence-electron chi connectivity index (χ3n) is 3.34. The van der Waals surface area contributed by atoms with Gasteiger partial charge in [-0.3, -0.25) is 9.98 Å². The van der Waals surface area contributed by atoms with Crippen molar-refractivity contribution in [3.8, 4) is 0 Å². The summed E-state index contributed by atoms with van der Waals surface area (Å²) in [7, 11) is 0. The molecule has 10 heteroatoms. The quantitative estimate of drug-likeness (QED) is 0.368. The van der Waals surface area contributed by atoms with Crippen molar-refractivity contribution >= 4 is 11.2 Å². The lowest BCUT2D eigenvalue weighted by atomic mass is 10.1. The molecular weight excluding hydrogens is 268 g/mol. The van der Waals surface area contributed by atoms with Crippen LogP contribution in [0.5, 0.6) is 0 Å². The molecule has 108 valence electrons. The van der Waals surface area contributed by atoms with Crippen LogP contribution in [-0.4, -0.2) is 59.4 Å². The van der Waals surface area contributed by atoms with Crippen LogP contribution in [0.25, 0.3) is 11.2 Å². The molecule has 20 heavy (non-hydrogen) atoms. The predicted octanol–water partition coefficient (Wildman–Crippen LogP) is -2.96. The van der Waals surface area contributed by atoms with Crippen LogP contribution in [0.3, 0.4) is 0 Å². The van der Waals surface area contributed by atoms with Crippen molar-refractivity contribution < 1.29 is 20.1 Å². The van der Waals surface area contributed by atoms with Crippen LogP contribution in [0, 0.1) is 5.41 Å². The van der Waals surface area contributed by atoms with E-state index in [0.717, 1.165) is 4.68 Å². The van der Waals surface area contributed by atoms with Gasteiger partial charge in [-0.15, -0.1) is 0 Å². The standard InChI is InChI=1S/C10H14N6O4/c11-8-5-9(16(12)3-14-8)15(2-13-5)10-7(19)6(18)4(1-17)20-10/h2-4,6-7,10-11,17-19H,1,12H2/t4-,6-,7-,10-/m1/s1. The Morgan fingerprint density at radius 3 is 2.70 bits per heavy atom. The van der Waals surface area contributed by atoms with Crippen LogP contribution in [0.15, 0.2) is 12.7 Å². The smallest absolute Gasteiger partial charge is 0.176 e. The normalized spacial score (nSPS) is 30.1. The van der Waals surface area contributed by atoms with Crippen LogP contribution in [0.1, 0.15) is 6.23 Å². The molecule has 3 rings (SSSR count). The Hall–Kier alpha value is -2.01. The Morgan fingerprint density at radius 1 is 1.30 bits per heavy atom. The molecule has 1 aliphatic rings. The molecule has 0 saturated carbocycles. The van der Waals surface area contributed by atoms with E-state index in [-0.39, 0.29) is 11.0 Å². The van der Waals surface area contributed by atoms with Gasteiger partial charge in [0.15, 0.2) is 22.9 Å². The summed E-state index contributed by atoms with van der Waals surface area (Å²) in [5.41, 5.74) is 0.500. The lowest BCUT2D eigenvalue weighted by Gasteiger charge is -2.17. The number of nitrogens with one attached hydrogen (secondary N) is 1. The zero-order valence-corrected chi connectivity index (χ0v) is 10.3. The first-order valence-electron chi connectivity index (χ1n) is 5.91. The second kappa shape index (κ2) is 4.52. The first kappa shape index (κ1) is 13.0. The zero-order valence-electron chi connectivity index (χ0n) is 10.3. The highest BCUT2D eigenvalue weighted by atomic mass is 16.6. The molecule has 6 N–H and O–H groups in total. The largest absolute Gasteiger partial charge is 0.394 e. The SMILES string of the molecule is N=c1ncn(N)c2c1ncn2[C@@H]1O[C@H](CO)[C@@H](O)[C@H]1O. The van der Waals surface area contributed by atoms with Crippen LogP contribution in [0.4, 0.5) is 0 Å². The van der Waals surface area contributed by atoms with Crippen molar-refractivity contribution in [2.24, 2.45) is 0 Å². The van der Waals surface area contributed by atoms with Gasteiger partial charge in [0.25, 0.3) is 0 Å². The molecule has 0 radical (unpaired) electrons. The number of nitrogens with two attached hydrogens (primary N) is 1. The molecule has 3 heterocycles. The fourth-order valence-electron chi connectivity index (χ4n) is 2.31. The Labute approximate surface area is 112 Å². The number of ether oxygens (including phenoxy) is 1. The van der Waals surface area contributed by atoms with Crippen molar-refractivity contribution in [3.63, 3.8) is 0 Å². The van der Waals surface area contributed by atoms with Gasteiger partial charge in [0.1, 0.15) is 24.6 Å². The summed E-state index contributed by atoms with van der Waals surface area (Å²) < 4.78 is 7.95. The second-order valence-electron chi connectivity index (χ2n) is 4.55. The molecule has 2 aromatic heterocycles. The summed E-state index contributed by atoms with van der Waals surface area (Å²) in [6.07, 6.45) is -1.73. The maximum Gasteiger partial charge on any atom is 0.176 e. The van der Waals surface area contributed by atoms with Gasteiger partial charge in [0.05, 0.1) is 12.9 Å². The third kappa shape index (κ3) is 1.70. The molecule has 10 nitrogen and oxygen atoms in total. The number of imidazole rings is 1. The van der Waals surface area contributed by atoms with E-state index in [2.05, 4.69) is 9.97 Å². The summed E-state index contributed by atoms with van der Waals surface area (Å²) in [6, 6.07) is 0. The summed E-state index contributed by atoms with van der Waals surface area (Å²) in [5, 5.41) is 36.5. The van der Waals surface area contributed by atoms with Crippen LogP contribution >= 0.6 is 0 Å². The van der Waals surface area contributed by atoms with E-state index in [0.29, 0.717) is 5.65 Å². The van der Waals surface area contributed by atoms with Gasteiger partial charge in [0, 0.05) is 0 Å². The van der Waals surface area contributed by atoms with E-state index in [1.54, 1.807) is 0 Å². The van der Waals surface area contributed by atoms with Gasteiger partial charge in [-0.25, -0.2) is 14.6 Å². The van der Waals surface area contributed by atoms with E-state index >= 15 is 0 Å². The van der Waals surface area contributed by atoms with Crippen LogP contribution < -0.4 is 11.3 Å². The van der Waals surface area contributed by atoms with E-state index < -0.39 is 31.1 Å². The number of fused-ring (bicyclic) bond motifs is 1. The molecule has 2 aromatic rings. The molecule has 0 bridgehead atoms. The van der Waals surface area contributed by atoms with Gasteiger partial charge in [0.2, 0.25) is 0 Å². The minimum Gasteiger partial charge on any atom is -0.394 e. The van der Waals surface area contributed by atoms with Crippen molar-refractivity contribution in [2.45, 2.75) is 24.5 Å². The third-order valence-corrected chi connectivity index (χ3v) is 3.34. The van der Waals surface area contributed by atoms with E-state index in [1.807, 2.05) is 0 Å². The van der Waals surface area contributed by atoms with Crippen LogP contribution in [0.2, 0.25) is 0 Å². The Morgan fingerprint density at radius 2 is 2.05 bits per heavy atom. The minimum absolute atomic E-state index is 0.0628. The zero-order chi connectivity index (χ0) is 14.4. The summed E-state index contributed by atoms with van der Waals surface area (Å²) in [4.78, 5) is 7.76. The van der Waals surface area contributed by atoms with Crippen molar-refractivity contribution in [1.82, 2.24) is 19.2 Å². The van der Waals surface area contributed by atoms with E-state index in [9.17, 15) is 10.2 Å². The Bertz CT molecular complexity index is 697. The highest BCUT2D eigenvalue weighted by Gasteiger charge is 2.44. The number of hydrogen-bond donors (Lipinski definition) is 5. The predicted molar refractivity (Wildman–Crippen MR) is 64.5 cm³/mol. The van der Waals surface area contributed by atoms with Crippen molar-refractivity contribution in [3.05, 3.63) is 18.1 Å². The van der Waals surface area contributed by atoms with Crippen molar-refractivity contribution in [2.75, 3.05) is 12.4 Å². The maximum atomic E-state index is 10.0. The molecule has 0 aliphatic carbocycles. The average molecular weight is 282 g/mol. The van der Waals surface area contributed by atoms with Crippen LogP contribution in [-0.2, 0) is 4.74 Å². The monoisotopic (exact) mass is 282 g/mol. The Kier molecular flexibility index (Phi) is 2.94. The number of aliphatic hydroxyl groups is 3. The number of aliphatic hydroxyl groups excluding tert-OH is 3. The molecule has 0 amide bonds. The number of hydrogen-bond acceptors (Lipinski definition) is 8. The van der Waals surface area contributed by atoms with Crippen molar-refractivity contribution in [1.29, 1.82) is 5.41 Å². The van der Waals surface area contributed by atoms with Gasteiger partial charge in [-0.2, -0.15) is 0 Å². The highest BCUT2D eigenvalue weighted by molar-refractivity contribution is 5.69. The topological polar surface area (TPSA) is 155 Å². The Balaban J connectivity index is 2.12. The molecular formula is C10H14N6O4. The van der Waals surface area contributed by atoms with Gasteiger partial charge in [-0.05, 0) is 0 Å². The fourth-order valence-corrected chi connectivity index (χ4v) is 2.31. The lowest BCUT2D eigenvalue weighted by molar-refractivity contribution is -0.0512. The average Bonchev–Trinajstić information content (AvgIpc) is 2.99. The lowest BCUT2D eigenvalue weighted by Crippen LogP contribution is -2.33. The van der Waals surface area contributed by atoms with E-state index in [4.69, 9.17) is 21.1 Å². The summed E-state index contributed by atoms with van der Waals surface area (Å²) >= 11 is 0. The molecule has 0 spiro atoms. The number of aromatic nitrogens is 4. The number of nitrogen functional groups attached to an aromatic ring is 1. The molecule has 0 unspecified atom stereocenters. The summed E-state index contributed by atoms with van der Waals surface area (Å²) in [6.45, 7) is -0.421.